The molecule has 6 nitrogen and oxygen atoms in total. The van der Waals surface area contributed by atoms with Crippen LogP contribution in [0, 0.1) is 0 Å². The summed E-state index contributed by atoms with van der Waals surface area (Å²) in [6, 6.07) is -0.802. The maximum atomic E-state index is 10.7. The molecule has 0 aliphatic heterocycles. The summed E-state index contributed by atoms with van der Waals surface area (Å²) in [5.74, 6) is -0.653. The second-order valence-electron chi connectivity index (χ2n) is 2.69. The first-order chi connectivity index (χ1) is 6.07. The van der Waals surface area contributed by atoms with E-state index in [1.54, 1.807) is 0 Å². The van der Waals surface area contributed by atoms with E-state index >= 15 is 0 Å². The number of rotatable bonds is 6. The lowest BCUT2D eigenvalue weighted by molar-refractivity contribution is -0.120. The molecule has 76 valence electrons. The number of primary amides is 1. The van der Waals surface area contributed by atoms with Gasteiger partial charge in [-0.3, -0.25) is 4.79 Å². The van der Waals surface area contributed by atoms with Gasteiger partial charge < -0.3 is 21.9 Å². The number of amides is 2. The van der Waals surface area contributed by atoms with Crippen molar-refractivity contribution in [2.45, 2.75) is 25.3 Å². The van der Waals surface area contributed by atoms with E-state index in [4.69, 9.17) is 16.6 Å². The summed E-state index contributed by atoms with van der Waals surface area (Å²) < 4.78 is 0. The van der Waals surface area contributed by atoms with Crippen molar-refractivity contribution in [3.05, 3.63) is 0 Å². The Labute approximate surface area is 76.3 Å². The summed E-state index contributed by atoms with van der Waals surface area (Å²) in [7, 11) is 0. The highest BCUT2D eigenvalue weighted by Crippen LogP contribution is 1.99. The lowest BCUT2D eigenvalue weighted by Crippen LogP contribution is -2.43. The highest BCUT2D eigenvalue weighted by molar-refractivity contribution is 5.83. The van der Waals surface area contributed by atoms with Gasteiger partial charge in [-0.1, -0.05) is 0 Å². The number of unbranched alkanes of at least 4 members (excludes halogenated alkanes) is 1. The Kier molecular flexibility index (Phi) is 5.62. The van der Waals surface area contributed by atoms with E-state index in [2.05, 4.69) is 0 Å². The average molecular weight is 189 g/mol. The molecule has 0 aliphatic carbocycles. The lowest BCUT2D eigenvalue weighted by Gasteiger charge is -2.12. The first-order valence-corrected chi connectivity index (χ1v) is 4.06. The monoisotopic (exact) mass is 189 g/mol. The van der Waals surface area contributed by atoms with E-state index in [0.29, 0.717) is 19.4 Å². The fourth-order valence-corrected chi connectivity index (χ4v) is 0.927. The predicted molar refractivity (Wildman–Crippen MR) is 47.0 cm³/mol. The molecular weight excluding hydrogens is 174 g/mol. The Balaban J connectivity index is 3.81. The number of nitrogens with one attached hydrogen (secondary N) is 1. The molecule has 0 saturated heterocycles. The number of hydrogen-bond acceptors (Lipinski definition) is 3. The molecule has 13 heavy (non-hydrogen) atoms. The van der Waals surface area contributed by atoms with Gasteiger partial charge in [-0.25, -0.2) is 4.79 Å². The summed E-state index contributed by atoms with van der Waals surface area (Å²) in [6.07, 6.45) is 0.602. The van der Waals surface area contributed by atoms with Crippen molar-refractivity contribution < 1.29 is 14.7 Å². The Morgan fingerprint density at radius 3 is 2.38 bits per heavy atom. The zero-order chi connectivity index (χ0) is 10.3. The first kappa shape index (κ1) is 11.7. The number of carbonyl (C=O) groups excluding carboxylic acids is 1. The maximum absolute atomic E-state index is 10.7. The molecule has 6 N–H and O–H groups in total. The van der Waals surface area contributed by atoms with E-state index in [1.807, 2.05) is 5.32 Å². The van der Waals surface area contributed by atoms with Crippen molar-refractivity contribution in [2.75, 3.05) is 6.54 Å². The van der Waals surface area contributed by atoms with Gasteiger partial charge in [0.1, 0.15) is 6.04 Å². The molecule has 0 unspecified atom stereocenters. The minimum Gasteiger partial charge on any atom is -0.465 e. The van der Waals surface area contributed by atoms with Crippen LogP contribution in [0.4, 0.5) is 4.79 Å². The summed E-state index contributed by atoms with van der Waals surface area (Å²) >= 11 is 0. The Bertz CT molecular complexity index is 184. The minimum atomic E-state index is -1.24. The molecule has 0 spiro atoms. The summed E-state index contributed by atoms with van der Waals surface area (Å²) in [4.78, 5) is 20.9. The van der Waals surface area contributed by atoms with Crippen molar-refractivity contribution in [3.63, 3.8) is 0 Å². The standard InChI is InChI=1S/C7H15N3O3/c8-4-2-1-3-5(6(9)11)10-7(12)13/h5,10H,1-4,8H2,(H2,9,11)(H,12,13)/t5-/m0/s1. The molecule has 0 radical (unpaired) electrons. The Morgan fingerprint density at radius 1 is 1.38 bits per heavy atom. The SMILES string of the molecule is NCCCC[C@H](NC(=O)O)C(N)=O. The number of carboxylic acid groups (broad SMARTS) is 1. The molecule has 0 rings (SSSR count). The van der Waals surface area contributed by atoms with Crippen LogP contribution in [0.5, 0.6) is 0 Å². The molecule has 0 aliphatic rings. The first-order valence-electron chi connectivity index (χ1n) is 4.06. The largest absolute Gasteiger partial charge is 0.465 e. The summed E-state index contributed by atoms with van der Waals surface area (Å²) in [5.41, 5.74) is 10.2. The fourth-order valence-electron chi connectivity index (χ4n) is 0.927. The molecule has 1 atom stereocenters. The number of nitrogens with two attached hydrogens (primary N) is 2. The highest BCUT2D eigenvalue weighted by atomic mass is 16.4. The zero-order valence-electron chi connectivity index (χ0n) is 7.32. The molecule has 0 heterocycles. The minimum absolute atomic E-state index is 0.402. The highest BCUT2D eigenvalue weighted by Gasteiger charge is 2.16. The van der Waals surface area contributed by atoms with E-state index in [1.165, 1.54) is 0 Å². The van der Waals surface area contributed by atoms with Crippen LogP contribution in [-0.2, 0) is 4.79 Å². The predicted octanol–water partition coefficient (Wildman–Crippen LogP) is -0.763. The third-order valence-corrected chi connectivity index (χ3v) is 1.59. The van der Waals surface area contributed by atoms with Gasteiger partial charge in [-0.05, 0) is 25.8 Å². The summed E-state index contributed by atoms with van der Waals surface area (Å²) in [5, 5.41) is 10.4. The van der Waals surface area contributed by atoms with E-state index < -0.39 is 18.0 Å². The van der Waals surface area contributed by atoms with Crippen LogP contribution >= 0.6 is 0 Å². The number of hydrogen-bond donors (Lipinski definition) is 4. The summed E-state index contributed by atoms with van der Waals surface area (Å²) in [6.45, 7) is 0.526. The molecular formula is C7H15N3O3. The molecule has 0 saturated carbocycles. The number of carbonyl (C=O) groups is 2. The van der Waals surface area contributed by atoms with Crippen LogP contribution in [0.1, 0.15) is 19.3 Å². The van der Waals surface area contributed by atoms with Crippen molar-refractivity contribution in [2.24, 2.45) is 11.5 Å². The van der Waals surface area contributed by atoms with Crippen molar-refractivity contribution in [1.82, 2.24) is 5.32 Å². The molecule has 0 bridgehead atoms. The molecule has 0 aromatic rings. The smallest absolute Gasteiger partial charge is 0.405 e. The molecule has 6 heteroatoms. The molecule has 0 fully saturated rings. The van der Waals surface area contributed by atoms with Crippen LogP contribution in [0.3, 0.4) is 0 Å². The van der Waals surface area contributed by atoms with Crippen LogP contribution in [0.25, 0.3) is 0 Å². The van der Waals surface area contributed by atoms with Gasteiger partial charge in [-0.2, -0.15) is 0 Å². The quantitative estimate of drug-likeness (QED) is 0.410. The van der Waals surface area contributed by atoms with E-state index in [-0.39, 0.29) is 0 Å². The topological polar surface area (TPSA) is 118 Å². The van der Waals surface area contributed by atoms with E-state index in [0.717, 1.165) is 6.42 Å². The van der Waals surface area contributed by atoms with Gasteiger partial charge in [0.25, 0.3) is 0 Å². The fraction of sp³-hybridized carbons (Fsp3) is 0.714. The van der Waals surface area contributed by atoms with Gasteiger partial charge in [0, 0.05) is 0 Å². The van der Waals surface area contributed by atoms with Crippen LogP contribution in [0.15, 0.2) is 0 Å². The van der Waals surface area contributed by atoms with Crippen molar-refractivity contribution in [3.8, 4) is 0 Å². The maximum Gasteiger partial charge on any atom is 0.405 e. The van der Waals surface area contributed by atoms with Gasteiger partial charge in [0.05, 0.1) is 0 Å². The van der Waals surface area contributed by atoms with Gasteiger partial charge in [-0.15, -0.1) is 0 Å². The van der Waals surface area contributed by atoms with Crippen LogP contribution in [0.2, 0.25) is 0 Å². The van der Waals surface area contributed by atoms with Gasteiger partial charge in [0.2, 0.25) is 5.91 Å². The third kappa shape index (κ3) is 5.92. The normalized spacial score (nSPS) is 12.1. The lowest BCUT2D eigenvalue weighted by atomic mass is 10.1. The van der Waals surface area contributed by atoms with Crippen molar-refractivity contribution >= 4 is 12.0 Å². The second-order valence-corrected chi connectivity index (χ2v) is 2.69. The molecule has 0 aromatic heterocycles. The Morgan fingerprint density at radius 2 is 2.00 bits per heavy atom. The van der Waals surface area contributed by atoms with Crippen molar-refractivity contribution in [1.29, 1.82) is 0 Å². The average Bonchev–Trinajstić information content (AvgIpc) is 2.02. The van der Waals surface area contributed by atoms with E-state index in [9.17, 15) is 9.59 Å². The van der Waals surface area contributed by atoms with Gasteiger partial charge >= 0.3 is 6.09 Å². The third-order valence-electron chi connectivity index (χ3n) is 1.59. The Hall–Kier alpha value is -1.30. The second kappa shape index (κ2) is 6.24. The molecule has 2 amide bonds. The molecule has 0 aromatic carbocycles. The zero-order valence-corrected chi connectivity index (χ0v) is 7.32. The van der Waals surface area contributed by atoms with Crippen LogP contribution < -0.4 is 16.8 Å². The van der Waals surface area contributed by atoms with Crippen LogP contribution in [-0.4, -0.2) is 29.7 Å². The van der Waals surface area contributed by atoms with Gasteiger partial charge in [0.15, 0.2) is 0 Å².